The van der Waals surface area contributed by atoms with E-state index < -0.39 is 5.97 Å². The fraction of sp³-hybridized carbons (Fsp3) is 0. The van der Waals surface area contributed by atoms with Crippen LogP contribution in [-0.4, -0.2) is 16.1 Å². The van der Waals surface area contributed by atoms with E-state index in [1.807, 2.05) is 0 Å². The highest BCUT2D eigenvalue weighted by molar-refractivity contribution is 5.86. The summed E-state index contributed by atoms with van der Waals surface area (Å²) in [6, 6.07) is 5.29. The summed E-state index contributed by atoms with van der Waals surface area (Å²) in [5, 5.41) is 8.43. The SMILES string of the molecule is O=C(O)/C=C/c1ccc2ocnc2c1. The summed E-state index contributed by atoms with van der Waals surface area (Å²) in [4.78, 5) is 14.2. The first-order chi connectivity index (χ1) is 6.75. The largest absolute Gasteiger partial charge is 0.478 e. The van der Waals surface area contributed by atoms with Gasteiger partial charge in [-0.3, -0.25) is 0 Å². The average Bonchev–Trinajstić information content (AvgIpc) is 2.61. The first-order valence-corrected chi connectivity index (χ1v) is 4.00. The maximum absolute atomic E-state index is 10.3. The molecule has 4 heteroatoms. The molecule has 14 heavy (non-hydrogen) atoms. The molecule has 1 heterocycles. The lowest BCUT2D eigenvalue weighted by atomic mass is 10.2. The van der Waals surface area contributed by atoms with Crippen LogP contribution in [0.2, 0.25) is 0 Å². The van der Waals surface area contributed by atoms with Crippen LogP contribution in [0, 0.1) is 0 Å². The van der Waals surface area contributed by atoms with Gasteiger partial charge in [-0.15, -0.1) is 0 Å². The predicted molar refractivity (Wildman–Crippen MR) is 50.7 cm³/mol. The Balaban J connectivity index is 2.39. The van der Waals surface area contributed by atoms with Gasteiger partial charge in [0.25, 0.3) is 0 Å². The van der Waals surface area contributed by atoms with Crippen molar-refractivity contribution in [3.63, 3.8) is 0 Å². The molecule has 0 atom stereocenters. The van der Waals surface area contributed by atoms with Crippen LogP contribution in [0.5, 0.6) is 0 Å². The van der Waals surface area contributed by atoms with Crippen LogP contribution < -0.4 is 0 Å². The van der Waals surface area contributed by atoms with Gasteiger partial charge in [0, 0.05) is 6.08 Å². The number of benzene rings is 1. The van der Waals surface area contributed by atoms with E-state index in [1.165, 1.54) is 12.5 Å². The van der Waals surface area contributed by atoms with E-state index >= 15 is 0 Å². The highest BCUT2D eigenvalue weighted by Gasteiger charge is 1.97. The molecule has 0 unspecified atom stereocenters. The molecule has 70 valence electrons. The van der Waals surface area contributed by atoms with Crippen LogP contribution in [0.3, 0.4) is 0 Å². The molecule has 0 bridgehead atoms. The topological polar surface area (TPSA) is 63.3 Å². The minimum atomic E-state index is -0.967. The molecule has 0 fully saturated rings. The van der Waals surface area contributed by atoms with Crippen LogP contribution in [0.25, 0.3) is 17.2 Å². The molecule has 0 amide bonds. The number of aliphatic carboxylic acids is 1. The second-order valence-corrected chi connectivity index (χ2v) is 2.75. The highest BCUT2D eigenvalue weighted by Crippen LogP contribution is 2.14. The number of carboxylic acid groups (broad SMARTS) is 1. The lowest BCUT2D eigenvalue weighted by Gasteiger charge is -1.90. The number of carbonyl (C=O) groups is 1. The molecule has 0 saturated heterocycles. The summed E-state index contributed by atoms with van der Waals surface area (Å²) in [5.74, 6) is -0.967. The summed E-state index contributed by atoms with van der Waals surface area (Å²) in [5.41, 5.74) is 2.20. The second-order valence-electron chi connectivity index (χ2n) is 2.75. The first-order valence-electron chi connectivity index (χ1n) is 4.00. The van der Waals surface area contributed by atoms with Gasteiger partial charge in [-0.1, -0.05) is 6.07 Å². The quantitative estimate of drug-likeness (QED) is 0.733. The van der Waals surface area contributed by atoms with Crippen molar-refractivity contribution in [3.05, 3.63) is 36.2 Å². The van der Waals surface area contributed by atoms with E-state index in [-0.39, 0.29) is 0 Å². The lowest BCUT2D eigenvalue weighted by Crippen LogP contribution is -1.85. The molecule has 0 aliphatic heterocycles. The third-order valence-corrected chi connectivity index (χ3v) is 1.77. The molecule has 4 nitrogen and oxygen atoms in total. The molecule has 1 N–H and O–H groups in total. The molecular weight excluding hydrogens is 182 g/mol. The van der Waals surface area contributed by atoms with Gasteiger partial charge in [-0.05, 0) is 23.8 Å². The Kier molecular flexibility index (Phi) is 2.02. The summed E-state index contributed by atoms with van der Waals surface area (Å²) in [7, 11) is 0. The molecule has 0 aliphatic carbocycles. The number of aromatic nitrogens is 1. The molecule has 0 radical (unpaired) electrons. The van der Waals surface area contributed by atoms with Crippen molar-refractivity contribution in [2.24, 2.45) is 0 Å². The highest BCUT2D eigenvalue weighted by atomic mass is 16.4. The standard InChI is InChI=1S/C10H7NO3/c12-10(13)4-2-7-1-3-9-8(5-7)11-6-14-9/h1-6H,(H,12,13)/b4-2+. The van der Waals surface area contributed by atoms with Gasteiger partial charge in [0.2, 0.25) is 0 Å². The van der Waals surface area contributed by atoms with Crippen molar-refractivity contribution in [2.75, 3.05) is 0 Å². The Morgan fingerprint density at radius 1 is 1.50 bits per heavy atom. The van der Waals surface area contributed by atoms with Crippen molar-refractivity contribution in [1.29, 1.82) is 0 Å². The summed E-state index contributed by atoms with van der Waals surface area (Å²) < 4.78 is 5.05. The zero-order chi connectivity index (χ0) is 9.97. The molecule has 1 aromatic heterocycles. The number of hydrogen-bond acceptors (Lipinski definition) is 3. The Labute approximate surface area is 79.5 Å². The summed E-state index contributed by atoms with van der Waals surface area (Å²) in [6.07, 6.45) is 3.95. The molecule has 0 spiro atoms. The van der Waals surface area contributed by atoms with Gasteiger partial charge in [0.15, 0.2) is 12.0 Å². The minimum Gasteiger partial charge on any atom is -0.478 e. The Morgan fingerprint density at radius 2 is 2.36 bits per heavy atom. The molecule has 2 aromatic rings. The minimum absolute atomic E-state index is 0.692. The summed E-state index contributed by atoms with van der Waals surface area (Å²) >= 11 is 0. The Morgan fingerprint density at radius 3 is 3.14 bits per heavy atom. The molecule has 0 aliphatic rings. The lowest BCUT2D eigenvalue weighted by molar-refractivity contribution is -0.131. The van der Waals surface area contributed by atoms with Crippen LogP contribution >= 0.6 is 0 Å². The smallest absolute Gasteiger partial charge is 0.328 e. The third-order valence-electron chi connectivity index (χ3n) is 1.77. The van der Waals surface area contributed by atoms with Gasteiger partial charge in [-0.2, -0.15) is 0 Å². The predicted octanol–water partition coefficient (Wildman–Crippen LogP) is 1.93. The monoisotopic (exact) mass is 189 g/mol. The van der Waals surface area contributed by atoms with Gasteiger partial charge in [0.05, 0.1) is 0 Å². The number of rotatable bonds is 2. The average molecular weight is 189 g/mol. The number of carboxylic acids is 1. The molecule has 2 rings (SSSR count). The zero-order valence-electron chi connectivity index (χ0n) is 7.18. The molecule has 1 aromatic carbocycles. The van der Waals surface area contributed by atoms with E-state index in [9.17, 15) is 4.79 Å². The van der Waals surface area contributed by atoms with Crippen LogP contribution in [0.15, 0.2) is 35.1 Å². The normalized spacial score (nSPS) is 11.1. The second kappa shape index (κ2) is 3.33. The summed E-state index contributed by atoms with van der Waals surface area (Å²) in [6.45, 7) is 0. The molecular formula is C10H7NO3. The first kappa shape index (κ1) is 8.50. The van der Waals surface area contributed by atoms with Gasteiger partial charge < -0.3 is 9.52 Å². The van der Waals surface area contributed by atoms with E-state index in [1.54, 1.807) is 18.2 Å². The molecule has 0 saturated carbocycles. The number of oxazole rings is 1. The fourth-order valence-corrected chi connectivity index (χ4v) is 1.15. The number of hydrogen-bond donors (Lipinski definition) is 1. The van der Waals surface area contributed by atoms with Crippen molar-refractivity contribution in [1.82, 2.24) is 4.98 Å². The maximum atomic E-state index is 10.3. The van der Waals surface area contributed by atoms with Crippen LogP contribution in [0.1, 0.15) is 5.56 Å². The van der Waals surface area contributed by atoms with Crippen molar-refractivity contribution < 1.29 is 14.3 Å². The number of fused-ring (bicyclic) bond motifs is 1. The van der Waals surface area contributed by atoms with Crippen molar-refractivity contribution >= 4 is 23.1 Å². The van der Waals surface area contributed by atoms with Crippen LogP contribution in [-0.2, 0) is 4.79 Å². The Bertz CT molecular complexity index is 499. The van der Waals surface area contributed by atoms with Crippen molar-refractivity contribution in [3.8, 4) is 0 Å². The van der Waals surface area contributed by atoms with Crippen molar-refractivity contribution in [2.45, 2.75) is 0 Å². The number of nitrogens with zero attached hydrogens (tertiary/aromatic N) is 1. The van der Waals surface area contributed by atoms with E-state index in [2.05, 4.69) is 4.98 Å². The van der Waals surface area contributed by atoms with Crippen LogP contribution in [0.4, 0.5) is 0 Å². The van der Waals surface area contributed by atoms with E-state index in [0.717, 1.165) is 17.2 Å². The third kappa shape index (κ3) is 1.64. The Hall–Kier alpha value is -2.10. The zero-order valence-corrected chi connectivity index (χ0v) is 7.18. The fourth-order valence-electron chi connectivity index (χ4n) is 1.15. The van der Waals surface area contributed by atoms with E-state index in [0.29, 0.717) is 5.58 Å². The maximum Gasteiger partial charge on any atom is 0.328 e. The van der Waals surface area contributed by atoms with Gasteiger partial charge in [0.1, 0.15) is 5.52 Å². The van der Waals surface area contributed by atoms with Gasteiger partial charge >= 0.3 is 5.97 Å². The van der Waals surface area contributed by atoms with Gasteiger partial charge in [-0.25, -0.2) is 9.78 Å². The van der Waals surface area contributed by atoms with E-state index in [4.69, 9.17) is 9.52 Å².